The number of hydrogen-bond donors (Lipinski definition) is 2. The van der Waals surface area contributed by atoms with E-state index in [1.807, 2.05) is 31.4 Å². The first-order chi connectivity index (χ1) is 16.0. The van der Waals surface area contributed by atoms with Crippen molar-refractivity contribution in [3.8, 4) is 0 Å². The Kier molecular flexibility index (Phi) is 13.8. The number of hydrogen-bond acceptors (Lipinski definition) is 7. The first kappa shape index (κ1) is 30.5. The summed E-state index contributed by atoms with van der Waals surface area (Å²) in [5.41, 5.74) is 5.46. The molecule has 1 aliphatic rings. The van der Waals surface area contributed by atoms with Gasteiger partial charge in [0, 0.05) is 17.8 Å². The molecule has 3 N–H and O–H groups in total. The van der Waals surface area contributed by atoms with E-state index in [1.165, 1.54) is 12.8 Å². The van der Waals surface area contributed by atoms with Crippen LogP contribution in [0, 0.1) is 23.2 Å². The van der Waals surface area contributed by atoms with Gasteiger partial charge in [-0.1, -0.05) is 60.0 Å². The summed E-state index contributed by atoms with van der Waals surface area (Å²) in [6.45, 7) is 12.8. The summed E-state index contributed by atoms with van der Waals surface area (Å²) in [5, 5.41) is 13.4. The van der Waals surface area contributed by atoms with E-state index >= 15 is 0 Å². The van der Waals surface area contributed by atoms with Gasteiger partial charge in [-0.2, -0.15) is 0 Å². The van der Waals surface area contributed by atoms with Crippen LogP contribution in [0.1, 0.15) is 97.2 Å². The van der Waals surface area contributed by atoms with Gasteiger partial charge >= 0.3 is 5.97 Å². The lowest BCUT2D eigenvalue weighted by atomic mass is 9.74. The summed E-state index contributed by atoms with van der Waals surface area (Å²) in [7, 11) is 0. The molecule has 194 valence electrons. The molecule has 0 aliphatic carbocycles. The largest absolute Gasteiger partial charge is 0.466 e. The van der Waals surface area contributed by atoms with Crippen molar-refractivity contribution >= 4 is 29.2 Å². The Balaban J connectivity index is 0.000000479. The first-order valence-corrected chi connectivity index (χ1v) is 13.5. The zero-order chi connectivity index (χ0) is 25.7. The number of nitrogens with zero attached hydrogens (tertiary/aromatic N) is 1. The Bertz CT molecular complexity index is 774. The van der Waals surface area contributed by atoms with Crippen LogP contribution in [-0.4, -0.2) is 34.6 Å². The number of aliphatic hydroxyl groups excluding tert-OH is 1. The van der Waals surface area contributed by atoms with E-state index in [0.717, 1.165) is 36.4 Å². The predicted octanol–water partition coefficient (Wildman–Crippen LogP) is 5.77. The van der Waals surface area contributed by atoms with Crippen molar-refractivity contribution in [2.75, 3.05) is 6.61 Å². The van der Waals surface area contributed by atoms with Crippen molar-refractivity contribution in [3.63, 3.8) is 0 Å². The van der Waals surface area contributed by atoms with E-state index in [0.29, 0.717) is 25.0 Å². The second-order valence-electron chi connectivity index (χ2n) is 10.3. The van der Waals surface area contributed by atoms with Crippen molar-refractivity contribution in [2.24, 2.45) is 28.9 Å². The smallest absolute Gasteiger partial charge is 0.308 e. The lowest BCUT2D eigenvalue weighted by Crippen LogP contribution is -2.42. The quantitative estimate of drug-likeness (QED) is 0.506. The van der Waals surface area contributed by atoms with Gasteiger partial charge in [-0.3, -0.25) is 9.59 Å². The van der Waals surface area contributed by atoms with Crippen LogP contribution >= 0.6 is 11.3 Å². The minimum Gasteiger partial charge on any atom is -0.466 e. The number of carbonyl (C=O) groups is 2. The van der Waals surface area contributed by atoms with Crippen molar-refractivity contribution in [3.05, 3.63) is 22.2 Å². The average Bonchev–Trinajstić information content (AvgIpc) is 3.24. The van der Waals surface area contributed by atoms with Gasteiger partial charge < -0.3 is 15.6 Å². The summed E-state index contributed by atoms with van der Waals surface area (Å²) in [5.74, 6) is 0.652. The molecule has 0 bridgehead atoms. The molecule has 4 atom stereocenters. The molecule has 6 nitrogen and oxygen atoms in total. The summed E-state index contributed by atoms with van der Waals surface area (Å²) in [4.78, 5) is 28.9. The van der Waals surface area contributed by atoms with E-state index in [9.17, 15) is 14.7 Å². The van der Waals surface area contributed by atoms with Crippen molar-refractivity contribution < 1.29 is 19.4 Å². The Morgan fingerprint density at radius 1 is 1.18 bits per heavy atom. The van der Waals surface area contributed by atoms with Crippen LogP contribution in [0.25, 0.3) is 6.08 Å². The fourth-order valence-corrected chi connectivity index (χ4v) is 4.99. The molecular weight excluding hydrogens is 448 g/mol. The van der Waals surface area contributed by atoms with E-state index in [4.69, 9.17) is 10.5 Å². The van der Waals surface area contributed by atoms with Gasteiger partial charge in [0.2, 0.25) is 0 Å². The Morgan fingerprint density at radius 2 is 1.82 bits per heavy atom. The molecule has 1 aromatic heterocycles. The number of ketones is 1. The molecule has 2 rings (SSSR count). The van der Waals surface area contributed by atoms with Gasteiger partial charge in [0.05, 0.1) is 30.2 Å². The fraction of sp³-hybridized carbons (Fsp3) is 0.741. The highest BCUT2D eigenvalue weighted by atomic mass is 32.1. The lowest BCUT2D eigenvalue weighted by molar-refractivity contribution is -0.150. The molecular formula is C27H46N2O4S. The highest BCUT2D eigenvalue weighted by Crippen LogP contribution is 2.31. The van der Waals surface area contributed by atoms with Crippen molar-refractivity contribution in [1.82, 2.24) is 4.98 Å². The zero-order valence-corrected chi connectivity index (χ0v) is 22.8. The Hall–Kier alpha value is -1.57. The first-order valence-electron chi connectivity index (χ1n) is 12.7. The highest BCUT2D eigenvalue weighted by molar-refractivity contribution is 7.09. The predicted molar refractivity (Wildman–Crippen MR) is 140 cm³/mol. The van der Waals surface area contributed by atoms with Crippen molar-refractivity contribution in [1.29, 1.82) is 0 Å². The van der Waals surface area contributed by atoms with Gasteiger partial charge in [0.25, 0.3) is 0 Å². The summed E-state index contributed by atoms with van der Waals surface area (Å²) in [6.07, 6.45) is 9.08. The molecule has 1 saturated heterocycles. The Labute approximate surface area is 210 Å². The summed E-state index contributed by atoms with van der Waals surface area (Å²) in [6, 6.07) is 0. The van der Waals surface area contributed by atoms with Gasteiger partial charge in [0.1, 0.15) is 10.8 Å². The number of allylic oxidation sites excluding steroid dienone is 1. The third kappa shape index (κ3) is 10.8. The molecule has 2 heterocycles. The van der Waals surface area contributed by atoms with Crippen LogP contribution in [0.2, 0.25) is 0 Å². The molecule has 0 amide bonds. The van der Waals surface area contributed by atoms with E-state index in [1.54, 1.807) is 25.2 Å². The number of ether oxygens (including phenoxy) is 1. The number of esters is 1. The number of rotatable bonds is 2. The van der Waals surface area contributed by atoms with Crippen LogP contribution in [0.4, 0.5) is 0 Å². The molecule has 34 heavy (non-hydrogen) atoms. The van der Waals surface area contributed by atoms with Gasteiger partial charge in [-0.15, -0.1) is 11.3 Å². The maximum Gasteiger partial charge on any atom is 0.308 e. The number of cyclic esters (lactones) is 1. The van der Waals surface area contributed by atoms with Gasteiger partial charge in [-0.05, 0) is 44.1 Å². The summed E-state index contributed by atoms with van der Waals surface area (Å²) >= 11 is 1.60. The molecule has 0 spiro atoms. The Morgan fingerprint density at radius 3 is 2.44 bits per heavy atom. The molecule has 1 aromatic rings. The number of carbonyl (C=O) groups excluding carboxylic acids is 2. The van der Waals surface area contributed by atoms with Gasteiger partial charge in [-0.25, -0.2) is 4.98 Å². The minimum absolute atomic E-state index is 0.0371. The molecule has 4 unspecified atom stereocenters. The molecule has 0 saturated carbocycles. The third-order valence-electron chi connectivity index (χ3n) is 6.61. The lowest BCUT2D eigenvalue weighted by Gasteiger charge is -2.32. The molecule has 0 aromatic carbocycles. The molecule has 1 aliphatic heterocycles. The van der Waals surface area contributed by atoms with Crippen LogP contribution in [0.3, 0.4) is 0 Å². The summed E-state index contributed by atoms with van der Waals surface area (Å²) < 4.78 is 5.22. The van der Waals surface area contributed by atoms with Crippen LogP contribution in [0.15, 0.2) is 11.5 Å². The minimum atomic E-state index is -0.998. The number of aliphatic hydroxyl groups is 1. The SMILES string of the molecule is C/C=C\c1csc(CN)n1.CC1CCCOC(=O)CC(O)C(C)(C)C(=O)C(C)CC(C)CCC1. The van der Waals surface area contributed by atoms with Crippen LogP contribution in [0.5, 0.6) is 0 Å². The highest BCUT2D eigenvalue weighted by Gasteiger charge is 2.39. The van der Waals surface area contributed by atoms with Crippen molar-refractivity contribution in [2.45, 2.75) is 99.1 Å². The molecule has 0 radical (unpaired) electrons. The average molecular weight is 495 g/mol. The molecule has 1 fully saturated rings. The number of nitrogens with two attached hydrogens (primary N) is 1. The number of aromatic nitrogens is 1. The van der Waals surface area contributed by atoms with E-state index in [-0.39, 0.29) is 18.1 Å². The third-order valence-corrected chi connectivity index (χ3v) is 7.50. The molecule has 7 heteroatoms. The topological polar surface area (TPSA) is 103 Å². The second-order valence-corrected chi connectivity index (χ2v) is 11.3. The number of thiazole rings is 1. The van der Waals surface area contributed by atoms with E-state index in [2.05, 4.69) is 18.8 Å². The van der Waals surface area contributed by atoms with Crippen LogP contribution < -0.4 is 5.73 Å². The second kappa shape index (κ2) is 15.4. The van der Waals surface area contributed by atoms with Crippen LogP contribution in [-0.2, 0) is 20.9 Å². The normalized spacial score (nSPS) is 27.6. The monoisotopic (exact) mass is 494 g/mol. The van der Waals surface area contributed by atoms with E-state index < -0.39 is 17.5 Å². The number of Topliss-reactive ketones (excluding diaryl/α,β-unsaturated/α-hetero) is 1. The fourth-order valence-electron chi connectivity index (χ4n) is 4.34. The van der Waals surface area contributed by atoms with Gasteiger partial charge in [0.15, 0.2) is 0 Å². The zero-order valence-electron chi connectivity index (χ0n) is 22.0. The maximum absolute atomic E-state index is 12.8. The standard InChI is InChI=1S/C20H36O4.C7H10N2S/c1-14-8-6-9-15(2)12-16(3)19(23)20(4,5)17(21)13-18(22)24-11-7-10-14;1-2-3-6-5-10-7(4-8)9-6/h14-17,21H,6-13H2,1-5H3;2-3,5H,4,8H2,1H3/b;3-2-. The maximum atomic E-state index is 12.8.